The first-order valence-electron chi connectivity index (χ1n) is 5.47. The molecule has 3 nitrogen and oxygen atoms in total. The van der Waals surface area contributed by atoms with Crippen molar-refractivity contribution in [1.29, 1.82) is 0 Å². The van der Waals surface area contributed by atoms with E-state index in [1.54, 1.807) is 6.07 Å². The lowest BCUT2D eigenvalue weighted by Crippen LogP contribution is -2.27. The van der Waals surface area contributed by atoms with Crippen molar-refractivity contribution >= 4 is 0 Å². The van der Waals surface area contributed by atoms with Crippen LogP contribution in [0.2, 0.25) is 0 Å². The summed E-state index contributed by atoms with van der Waals surface area (Å²) in [5.74, 6) is 0.0615. The zero-order valence-corrected chi connectivity index (χ0v) is 9.13. The molecular formula is C11H13F3N2O. The second-order valence-corrected chi connectivity index (χ2v) is 3.99. The van der Waals surface area contributed by atoms with E-state index in [0.29, 0.717) is 5.92 Å². The highest BCUT2D eigenvalue weighted by Crippen LogP contribution is 2.26. The number of rotatable bonds is 2. The summed E-state index contributed by atoms with van der Waals surface area (Å²) in [6, 6.07) is 2.93. The van der Waals surface area contributed by atoms with Gasteiger partial charge in [-0.15, -0.1) is 13.2 Å². The first-order valence-corrected chi connectivity index (χ1v) is 5.47. The van der Waals surface area contributed by atoms with Crippen LogP contribution in [0.25, 0.3) is 0 Å². The van der Waals surface area contributed by atoms with Gasteiger partial charge in [0.1, 0.15) is 5.75 Å². The lowest BCUT2D eigenvalue weighted by Gasteiger charge is -2.22. The molecule has 1 saturated heterocycles. The fraction of sp³-hybridized carbons (Fsp3) is 0.545. The minimum Gasteiger partial charge on any atom is -0.404 e. The Bertz CT molecular complexity index is 358. The zero-order valence-electron chi connectivity index (χ0n) is 9.13. The Kier molecular flexibility index (Phi) is 3.51. The standard InChI is InChI=1S/C11H13F3N2O/c12-11(13,14)17-9-1-2-10(16-7-9)8-3-5-15-6-4-8/h1-2,7-8,15H,3-6H2. The molecule has 0 bridgehead atoms. The summed E-state index contributed by atoms with van der Waals surface area (Å²) in [6.45, 7) is 1.85. The van der Waals surface area contributed by atoms with E-state index in [-0.39, 0.29) is 5.75 Å². The number of nitrogens with zero attached hydrogens (tertiary/aromatic N) is 1. The number of nitrogens with one attached hydrogen (secondary N) is 1. The van der Waals surface area contributed by atoms with Crippen LogP contribution in [-0.2, 0) is 0 Å². The van der Waals surface area contributed by atoms with Gasteiger partial charge in [-0.05, 0) is 38.1 Å². The Balaban J connectivity index is 2.02. The Morgan fingerprint density at radius 2 is 1.94 bits per heavy atom. The third-order valence-corrected chi connectivity index (χ3v) is 2.75. The molecule has 17 heavy (non-hydrogen) atoms. The number of aromatic nitrogens is 1. The van der Waals surface area contributed by atoms with Crippen molar-refractivity contribution in [3.05, 3.63) is 24.0 Å². The first-order chi connectivity index (χ1) is 8.04. The van der Waals surface area contributed by atoms with Gasteiger partial charge in [0, 0.05) is 11.6 Å². The molecule has 6 heteroatoms. The smallest absolute Gasteiger partial charge is 0.404 e. The normalized spacial score (nSPS) is 18.1. The van der Waals surface area contributed by atoms with Crippen LogP contribution < -0.4 is 10.1 Å². The molecule has 1 aliphatic rings. The number of hydrogen-bond acceptors (Lipinski definition) is 3. The molecule has 2 rings (SSSR count). The summed E-state index contributed by atoms with van der Waals surface area (Å²) in [5, 5.41) is 3.23. The van der Waals surface area contributed by atoms with Crippen molar-refractivity contribution in [2.75, 3.05) is 13.1 Å². The van der Waals surface area contributed by atoms with Crippen LogP contribution in [0, 0.1) is 0 Å². The van der Waals surface area contributed by atoms with Crippen molar-refractivity contribution < 1.29 is 17.9 Å². The van der Waals surface area contributed by atoms with Crippen LogP contribution in [-0.4, -0.2) is 24.4 Å². The van der Waals surface area contributed by atoms with Gasteiger partial charge >= 0.3 is 6.36 Å². The Hall–Kier alpha value is -1.30. The van der Waals surface area contributed by atoms with Crippen molar-refractivity contribution in [2.45, 2.75) is 25.1 Å². The molecule has 1 fully saturated rings. The van der Waals surface area contributed by atoms with Gasteiger partial charge in [-0.3, -0.25) is 4.98 Å². The summed E-state index contributed by atoms with van der Waals surface area (Å²) < 4.78 is 39.6. The second kappa shape index (κ2) is 4.91. The lowest BCUT2D eigenvalue weighted by molar-refractivity contribution is -0.274. The average molecular weight is 246 g/mol. The quantitative estimate of drug-likeness (QED) is 0.870. The van der Waals surface area contributed by atoms with E-state index in [1.807, 2.05) is 0 Å². The number of alkyl halides is 3. The van der Waals surface area contributed by atoms with Crippen molar-refractivity contribution in [3.8, 4) is 5.75 Å². The van der Waals surface area contributed by atoms with Gasteiger partial charge in [-0.25, -0.2) is 0 Å². The molecule has 1 aromatic rings. The fourth-order valence-corrected chi connectivity index (χ4v) is 1.94. The lowest BCUT2D eigenvalue weighted by atomic mass is 9.94. The van der Waals surface area contributed by atoms with Gasteiger partial charge in [-0.2, -0.15) is 0 Å². The minimum absolute atomic E-state index is 0.268. The highest BCUT2D eigenvalue weighted by Gasteiger charge is 2.31. The van der Waals surface area contributed by atoms with Crippen LogP contribution in [0.4, 0.5) is 13.2 Å². The van der Waals surface area contributed by atoms with Crippen LogP contribution in [0.3, 0.4) is 0 Å². The van der Waals surface area contributed by atoms with E-state index in [1.165, 1.54) is 6.07 Å². The molecule has 0 atom stereocenters. The molecule has 0 saturated carbocycles. The van der Waals surface area contributed by atoms with Crippen molar-refractivity contribution in [2.24, 2.45) is 0 Å². The molecule has 0 amide bonds. The Morgan fingerprint density at radius 1 is 1.24 bits per heavy atom. The van der Waals surface area contributed by atoms with E-state index in [0.717, 1.165) is 37.8 Å². The second-order valence-electron chi connectivity index (χ2n) is 3.99. The molecule has 1 N–H and O–H groups in total. The van der Waals surface area contributed by atoms with E-state index in [9.17, 15) is 13.2 Å². The van der Waals surface area contributed by atoms with Crippen LogP contribution in [0.5, 0.6) is 5.75 Å². The van der Waals surface area contributed by atoms with Crippen LogP contribution in [0.1, 0.15) is 24.5 Å². The van der Waals surface area contributed by atoms with Crippen LogP contribution in [0.15, 0.2) is 18.3 Å². The number of pyridine rings is 1. The Morgan fingerprint density at radius 3 is 2.47 bits per heavy atom. The maximum atomic E-state index is 11.9. The van der Waals surface area contributed by atoms with Gasteiger partial charge in [0.25, 0.3) is 0 Å². The molecule has 0 unspecified atom stereocenters. The summed E-state index contributed by atoms with van der Waals surface area (Å²) in [5.41, 5.74) is 0.834. The monoisotopic (exact) mass is 246 g/mol. The molecular weight excluding hydrogens is 233 g/mol. The predicted octanol–water partition coefficient (Wildman–Crippen LogP) is 2.45. The number of halogens is 3. The van der Waals surface area contributed by atoms with E-state index in [4.69, 9.17) is 0 Å². The van der Waals surface area contributed by atoms with Crippen LogP contribution >= 0.6 is 0 Å². The molecule has 0 radical (unpaired) electrons. The summed E-state index contributed by atoms with van der Waals surface area (Å²) in [6.07, 6.45) is -1.60. The molecule has 0 spiro atoms. The molecule has 2 heterocycles. The number of hydrogen-bond donors (Lipinski definition) is 1. The molecule has 0 aliphatic carbocycles. The maximum Gasteiger partial charge on any atom is 0.573 e. The predicted molar refractivity (Wildman–Crippen MR) is 55.8 cm³/mol. The largest absolute Gasteiger partial charge is 0.573 e. The average Bonchev–Trinajstić information content (AvgIpc) is 2.29. The fourth-order valence-electron chi connectivity index (χ4n) is 1.94. The van der Waals surface area contributed by atoms with Gasteiger partial charge in [0.2, 0.25) is 0 Å². The number of piperidine rings is 1. The summed E-state index contributed by atoms with van der Waals surface area (Å²) in [4.78, 5) is 4.03. The van der Waals surface area contributed by atoms with Gasteiger partial charge < -0.3 is 10.1 Å². The van der Waals surface area contributed by atoms with E-state index in [2.05, 4.69) is 15.0 Å². The molecule has 94 valence electrons. The summed E-state index contributed by atoms with van der Waals surface area (Å²) >= 11 is 0. The minimum atomic E-state index is -4.65. The Labute approximate surface area is 97.0 Å². The zero-order chi connectivity index (χ0) is 12.3. The maximum absolute atomic E-state index is 11.9. The third-order valence-electron chi connectivity index (χ3n) is 2.75. The molecule has 1 aliphatic heterocycles. The third kappa shape index (κ3) is 3.59. The first kappa shape index (κ1) is 12.2. The molecule has 0 aromatic carbocycles. The summed E-state index contributed by atoms with van der Waals surface area (Å²) in [7, 11) is 0. The van der Waals surface area contributed by atoms with E-state index < -0.39 is 6.36 Å². The topological polar surface area (TPSA) is 34.1 Å². The van der Waals surface area contributed by atoms with E-state index >= 15 is 0 Å². The highest BCUT2D eigenvalue weighted by atomic mass is 19.4. The molecule has 1 aromatic heterocycles. The van der Waals surface area contributed by atoms with Gasteiger partial charge in [0.05, 0.1) is 6.20 Å². The van der Waals surface area contributed by atoms with Gasteiger partial charge in [-0.1, -0.05) is 0 Å². The van der Waals surface area contributed by atoms with Crippen molar-refractivity contribution in [3.63, 3.8) is 0 Å². The SMILES string of the molecule is FC(F)(F)Oc1ccc(C2CCNCC2)nc1. The highest BCUT2D eigenvalue weighted by molar-refractivity contribution is 5.22. The number of ether oxygens (including phenoxy) is 1. The van der Waals surface area contributed by atoms with Gasteiger partial charge in [0.15, 0.2) is 0 Å². The van der Waals surface area contributed by atoms with Crippen molar-refractivity contribution in [1.82, 2.24) is 10.3 Å².